The number of fused-ring (bicyclic) bond motifs is 8. The first kappa shape index (κ1) is 43.8. The van der Waals surface area contributed by atoms with E-state index in [2.05, 4.69) is 242 Å². The molecule has 8 aromatic rings. The lowest BCUT2D eigenvalue weighted by molar-refractivity contribution is 0.473. The highest BCUT2D eigenvalue weighted by atomic mass is 16.5. The van der Waals surface area contributed by atoms with E-state index in [0.717, 1.165) is 62.3 Å². The molecule has 0 spiro atoms. The molecule has 0 N–H and O–H groups in total. The zero-order valence-corrected chi connectivity index (χ0v) is 42.3. The average molecular weight is 911 g/mol. The maximum Gasteiger partial charge on any atom is 0.333 e. The topological polar surface area (TPSA) is 42.7 Å². The van der Waals surface area contributed by atoms with E-state index in [0.29, 0.717) is 5.56 Å². The van der Waals surface area contributed by atoms with Gasteiger partial charge in [0.25, 0.3) is 0 Å². The highest BCUT2D eigenvalue weighted by Gasteiger charge is 2.50. The number of nitriles is 1. The number of para-hydroxylation sites is 2. The van der Waals surface area contributed by atoms with Gasteiger partial charge in [0.1, 0.15) is 0 Å². The molecule has 0 saturated carbocycles. The quantitative estimate of drug-likeness (QED) is 0.165. The van der Waals surface area contributed by atoms with Gasteiger partial charge in [0.2, 0.25) is 0 Å². The van der Waals surface area contributed by atoms with E-state index in [1.54, 1.807) is 0 Å². The molecule has 0 bridgehead atoms. The average Bonchev–Trinajstić information content (AvgIpc) is 3.33. The largest absolute Gasteiger partial charge is 0.453 e. The number of hydrogen-bond donors (Lipinski definition) is 0. The molecule has 0 saturated heterocycles. The molecule has 0 atom stereocenters. The van der Waals surface area contributed by atoms with E-state index in [-0.39, 0.29) is 28.5 Å². The van der Waals surface area contributed by atoms with Crippen LogP contribution in [0.3, 0.4) is 0 Å². The summed E-state index contributed by atoms with van der Waals surface area (Å²) in [6.07, 6.45) is 0. The maximum absolute atomic E-state index is 9.86. The standard InChI is InChI=1S/C64H59BN4O/c1-61(2,3)42-25-28-46(29-26-42)68-54-34-43(62(4,5)6)27-30-51(54)65-59-47(31-41(32-56(59)68)40-23-21-39(38-66)22-24-40)48-33-44(63(7,8)9)35-58-60(48)69(65)55-36-50-53(37-57(55)70-58)67(45-17-13-12-14-18-45)52-20-16-15-19-49(52)64(50,10)11/h12-37H,1-11H3. The van der Waals surface area contributed by atoms with Crippen LogP contribution in [0.15, 0.2) is 158 Å². The molecule has 344 valence electrons. The fourth-order valence-corrected chi connectivity index (χ4v) is 11.5. The van der Waals surface area contributed by atoms with Gasteiger partial charge in [-0.1, -0.05) is 149 Å². The van der Waals surface area contributed by atoms with E-state index >= 15 is 0 Å². The highest BCUT2D eigenvalue weighted by molar-refractivity contribution is 6.93. The Morgan fingerprint density at radius 1 is 0.486 bits per heavy atom. The van der Waals surface area contributed by atoms with Crippen molar-refractivity contribution in [2.45, 2.75) is 97.8 Å². The van der Waals surface area contributed by atoms with Crippen molar-refractivity contribution in [3.8, 4) is 39.8 Å². The number of anilines is 8. The van der Waals surface area contributed by atoms with Crippen LogP contribution in [0.4, 0.5) is 45.5 Å². The Morgan fingerprint density at radius 3 is 1.81 bits per heavy atom. The first-order valence-electron chi connectivity index (χ1n) is 24.8. The summed E-state index contributed by atoms with van der Waals surface area (Å²) < 4.78 is 7.43. The summed E-state index contributed by atoms with van der Waals surface area (Å²) in [7, 11) is 0. The van der Waals surface area contributed by atoms with Gasteiger partial charge >= 0.3 is 6.85 Å². The van der Waals surface area contributed by atoms with Crippen molar-refractivity contribution in [3.63, 3.8) is 0 Å². The van der Waals surface area contributed by atoms with Crippen molar-refractivity contribution in [1.82, 2.24) is 0 Å². The summed E-state index contributed by atoms with van der Waals surface area (Å²) in [6.45, 7) is 25.2. The van der Waals surface area contributed by atoms with Crippen molar-refractivity contribution in [2.24, 2.45) is 0 Å². The van der Waals surface area contributed by atoms with Crippen LogP contribution in [0.5, 0.6) is 11.5 Å². The Balaban J connectivity index is 1.19. The minimum Gasteiger partial charge on any atom is -0.453 e. The number of hydrogen-bond acceptors (Lipinski definition) is 5. The summed E-state index contributed by atoms with van der Waals surface area (Å²) in [6, 6.07) is 60.8. The molecule has 4 aliphatic heterocycles. The maximum atomic E-state index is 9.86. The van der Waals surface area contributed by atoms with Gasteiger partial charge in [0.05, 0.1) is 34.4 Å². The van der Waals surface area contributed by atoms with E-state index in [9.17, 15) is 5.26 Å². The van der Waals surface area contributed by atoms with Gasteiger partial charge in [-0.05, 0) is 151 Å². The van der Waals surface area contributed by atoms with Crippen molar-refractivity contribution in [1.29, 1.82) is 5.26 Å². The number of nitrogens with zero attached hydrogens (tertiary/aromatic N) is 4. The number of rotatable bonds is 3. The van der Waals surface area contributed by atoms with Crippen LogP contribution in [0.25, 0.3) is 22.3 Å². The molecule has 6 heteroatoms. The first-order valence-corrected chi connectivity index (χ1v) is 24.8. The minimum atomic E-state index is -0.331. The first-order chi connectivity index (χ1) is 33.3. The van der Waals surface area contributed by atoms with Crippen LogP contribution in [-0.2, 0) is 21.7 Å². The third kappa shape index (κ3) is 6.58. The lowest BCUT2D eigenvalue weighted by Gasteiger charge is -2.49. The Hall–Kier alpha value is -7.49. The van der Waals surface area contributed by atoms with E-state index in [1.165, 1.54) is 55.7 Å². The molecule has 0 amide bonds. The van der Waals surface area contributed by atoms with Gasteiger partial charge in [-0.15, -0.1) is 0 Å². The zero-order chi connectivity index (χ0) is 48.8. The summed E-state index contributed by atoms with van der Waals surface area (Å²) in [5.74, 6) is 1.70. The molecule has 5 nitrogen and oxygen atoms in total. The second-order valence-electron chi connectivity index (χ2n) is 23.4. The lowest BCUT2D eigenvalue weighted by atomic mass is 9.43. The van der Waals surface area contributed by atoms with Gasteiger partial charge in [-0.25, -0.2) is 0 Å². The zero-order valence-electron chi connectivity index (χ0n) is 42.3. The molecule has 0 unspecified atom stereocenters. The Labute approximate surface area is 414 Å². The molecular formula is C64H59BN4O. The Kier molecular flexibility index (Phi) is 9.38. The summed E-state index contributed by atoms with van der Waals surface area (Å²) >= 11 is 0. The smallest absolute Gasteiger partial charge is 0.333 e. The molecule has 4 aliphatic rings. The third-order valence-electron chi connectivity index (χ3n) is 15.5. The molecule has 8 aromatic carbocycles. The van der Waals surface area contributed by atoms with Gasteiger partial charge in [0, 0.05) is 39.8 Å². The molecule has 0 aromatic heterocycles. The van der Waals surface area contributed by atoms with Gasteiger partial charge in [-0.3, -0.25) is 0 Å². The van der Waals surface area contributed by atoms with Crippen molar-refractivity contribution < 1.29 is 4.74 Å². The molecule has 70 heavy (non-hydrogen) atoms. The van der Waals surface area contributed by atoms with Gasteiger partial charge in [0.15, 0.2) is 11.5 Å². The summed E-state index contributed by atoms with van der Waals surface area (Å²) in [5, 5.41) is 9.86. The minimum absolute atomic E-state index is 0.00136. The fourth-order valence-electron chi connectivity index (χ4n) is 11.5. The SMILES string of the molecule is CC(C)(C)c1ccc(N2c3cc(C(C)(C)C)ccc3B3c4c(cc(-c5ccc(C#N)cc5)cc42)-c2cc(C(C)(C)C)cc4c2N3c2cc3c(cc2O4)N(c2ccccc2)c2ccccc2C3(C)C)cc1. The van der Waals surface area contributed by atoms with E-state index < -0.39 is 0 Å². The molecule has 0 fully saturated rings. The fraction of sp³-hybridized carbons (Fsp3) is 0.234. The Bertz CT molecular complexity index is 3510. The third-order valence-corrected chi connectivity index (χ3v) is 15.5. The highest BCUT2D eigenvalue weighted by Crippen LogP contribution is 2.61. The molecular weight excluding hydrogens is 852 g/mol. The molecule has 12 rings (SSSR count). The predicted octanol–water partition coefficient (Wildman–Crippen LogP) is 16.0. The van der Waals surface area contributed by atoms with Crippen LogP contribution in [0, 0.1) is 11.3 Å². The van der Waals surface area contributed by atoms with E-state index in [4.69, 9.17) is 4.74 Å². The Morgan fingerprint density at radius 2 is 1.13 bits per heavy atom. The van der Waals surface area contributed by atoms with Crippen molar-refractivity contribution in [3.05, 3.63) is 191 Å². The number of ether oxygens (including phenoxy) is 1. The van der Waals surface area contributed by atoms with Crippen molar-refractivity contribution >= 4 is 63.3 Å². The molecule has 4 heterocycles. The summed E-state index contributed by atoms with van der Waals surface area (Å²) in [5.41, 5.74) is 22.4. The summed E-state index contributed by atoms with van der Waals surface area (Å²) in [4.78, 5) is 7.60. The van der Waals surface area contributed by atoms with Gasteiger partial charge < -0.3 is 19.3 Å². The normalized spacial score (nSPS) is 14.9. The van der Waals surface area contributed by atoms with Crippen LogP contribution in [-0.4, -0.2) is 6.85 Å². The number of benzene rings is 8. The van der Waals surface area contributed by atoms with Gasteiger partial charge in [-0.2, -0.15) is 5.26 Å². The lowest BCUT2D eigenvalue weighted by Crippen LogP contribution is -2.62. The second-order valence-corrected chi connectivity index (χ2v) is 23.4. The van der Waals surface area contributed by atoms with E-state index in [1.807, 2.05) is 12.1 Å². The van der Waals surface area contributed by atoms with Crippen LogP contribution in [0.2, 0.25) is 0 Å². The second kappa shape index (κ2) is 15.0. The van der Waals surface area contributed by atoms with Crippen LogP contribution < -0.4 is 30.3 Å². The van der Waals surface area contributed by atoms with Crippen LogP contribution >= 0.6 is 0 Å². The predicted molar refractivity (Wildman–Crippen MR) is 293 cm³/mol. The molecule has 0 radical (unpaired) electrons. The van der Waals surface area contributed by atoms with Crippen LogP contribution in [0.1, 0.15) is 110 Å². The monoisotopic (exact) mass is 910 g/mol. The molecule has 0 aliphatic carbocycles. The van der Waals surface area contributed by atoms with Crippen molar-refractivity contribution in [2.75, 3.05) is 14.6 Å².